The zero-order valence-electron chi connectivity index (χ0n) is 8.89. The van der Waals surface area contributed by atoms with Crippen molar-refractivity contribution in [3.63, 3.8) is 0 Å². The van der Waals surface area contributed by atoms with Gasteiger partial charge in [0.05, 0.1) is 6.54 Å². The summed E-state index contributed by atoms with van der Waals surface area (Å²) in [5.74, 6) is -0.278. The van der Waals surface area contributed by atoms with E-state index in [4.69, 9.17) is 9.96 Å². The van der Waals surface area contributed by atoms with Crippen molar-refractivity contribution < 1.29 is 17.3 Å². The number of nitrogens with zero attached hydrogens (tertiary/aromatic N) is 2. The maximum Gasteiger partial charge on any atom is 0.418 e. The van der Waals surface area contributed by atoms with Gasteiger partial charge in [-0.25, -0.2) is 10.1 Å². The van der Waals surface area contributed by atoms with Crippen LogP contribution in [0.25, 0.3) is 0 Å². The Balaban J connectivity index is 4.45. The van der Waals surface area contributed by atoms with Gasteiger partial charge in [0.2, 0.25) is 5.96 Å². The highest BCUT2D eigenvalue weighted by atomic mass is 32.3. The summed E-state index contributed by atoms with van der Waals surface area (Å²) in [6, 6.07) is 0. The van der Waals surface area contributed by atoms with E-state index in [0.29, 0.717) is 6.42 Å². The van der Waals surface area contributed by atoms with Gasteiger partial charge in [-0.2, -0.15) is 8.42 Å². The quantitative estimate of drug-likeness (QED) is 0.256. The first-order valence-corrected chi connectivity index (χ1v) is 5.60. The lowest BCUT2D eigenvalue weighted by molar-refractivity contribution is 0.00405. The lowest BCUT2D eigenvalue weighted by atomic mass is 10.5. The van der Waals surface area contributed by atoms with Gasteiger partial charge in [0.25, 0.3) is 0 Å². The standard InChI is InChI=1S/C6H16N4O4S/c1-4-5-10(14-15(11,12)13)6(7)8-9(2)3/h4-5H2,1-3H3,(H2,7,8)(H,11,12,13). The molecule has 0 aromatic rings. The second-order valence-corrected chi connectivity index (χ2v) is 3.96. The molecule has 0 amide bonds. The van der Waals surface area contributed by atoms with E-state index in [-0.39, 0.29) is 12.5 Å². The predicted octanol–water partition coefficient (Wildman–Crippen LogP) is -0.566. The molecule has 0 bridgehead atoms. The van der Waals surface area contributed by atoms with Crippen LogP contribution in [0.1, 0.15) is 13.3 Å². The maximum atomic E-state index is 10.5. The molecule has 15 heavy (non-hydrogen) atoms. The number of hydrogen-bond acceptors (Lipinski definition) is 5. The van der Waals surface area contributed by atoms with Crippen molar-refractivity contribution in [3.8, 4) is 0 Å². The molecule has 0 rings (SSSR count). The van der Waals surface area contributed by atoms with Crippen molar-refractivity contribution in [3.05, 3.63) is 0 Å². The second-order valence-electron chi connectivity index (χ2n) is 2.96. The van der Waals surface area contributed by atoms with Crippen LogP contribution < -0.4 is 5.43 Å². The zero-order valence-corrected chi connectivity index (χ0v) is 9.71. The molecule has 0 aliphatic rings. The van der Waals surface area contributed by atoms with Crippen LogP contribution >= 0.6 is 0 Å². The molecule has 0 aromatic heterocycles. The van der Waals surface area contributed by atoms with Crippen molar-refractivity contribution in [1.82, 2.24) is 15.5 Å². The van der Waals surface area contributed by atoms with Crippen molar-refractivity contribution >= 4 is 16.4 Å². The first-order chi connectivity index (χ1) is 6.76. The highest BCUT2D eigenvalue weighted by Crippen LogP contribution is 1.98. The van der Waals surface area contributed by atoms with Crippen LogP contribution in [0.15, 0.2) is 0 Å². The van der Waals surface area contributed by atoms with Crippen LogP contribution in [-0.4, -0.2) is 49.6 Å². The summed E-state index contributed by atoms with van der Waals surface area (Å²) in [6.07, 6.45) is 0.563. The fourth-order valence-corrected chi connectivity index (χ4v) is 1.15. The Labute approximate surface area is 89.2 Å². The number of hydrazine groups is 1. The van der Waals surface area contributed by atoms with Gasteiger partial charge in [-0.05, 0) is 6.42 Å². The molecule has 0 fully saturated rings. The first kappa shape index (κ1) is 14.1. The molecule has 90 valence electrons. The van der Waals surface area contributed by atoms with Crippen molar-refractivity contribution in [2.75, 3.05) is 20.6 Å². The number of rotatable bonds is 5. The normalized spacial score (nSPS) is 11.5. The fraction of sp³-hybridized carbons (Fsp3) is 0.833. The van der Waals surface area contributed by atoms with E-state index in [1.807, 2.05) is 0 Å². The van der Waals surface area contributed by atoms with E-state index < -0.39 is 10.4 Å². The third-order valence-corrected chi connectivity index (χ3v) is 1.56. The van der Waals surface area contributed by atoms with Crippen LogP contribution in [0.5, 0.6) is 0 Å². The van der Waals surface area contributed by atoms with Gasteiger partial charge in [0.1, 0.15) is 0 Å². The smallest absolute Gasteiger partial charge is 0.288 e. The molecule has 0 aliphatic heterocycles. The molecule has 8 nitrogen and oxygen atoms in total. The van der Waals surface area contributed by atoms with E-state index >= 15 is 0 Å². The van der Waals surface area contributed by atoms with E-state index in [9.17, 15) is 8.42 Å². The van der Waals surface area contributed by atoms with Gasteiger partial charge in [-0.3, -0.25) is 15.4 Å². The molecular formula is C6H16N4O4S. The molecule has 9 heteroatoms. The third kappa shape index (κ3) is 7.08. The van der Waals surface area contributed by atoms with Gasteiger partial charge in [-0.15, -0.1) is 4.28 Å². The highest BCUT2D eigenvalue weighted by Gasteiger charge is 2.17. The number of nitrogens with one attached hydrogen (secondary N) is 2. The Bertz CT molecular complexity index is 302. The molecule has 0 atom stereocenters. The van der Waals surface area contributed by atoms with Crippen molar-refractivity contribution in [2.24, 2.45) is 0 Å². The monoisotopic (exact) mass is 240 g/mol. The summed E-state index contributed by atoms with van der Waals surface area (Å²) in [4.78, 5) is 0. The van der Waals surface area contributed by atoms with E-state index in [1.165, 1.54) is 5.01 Å². The molecule has 0 unspecified atom stereocenters. The van der Waals surface area contributed by atoms with Gasteiger partial charge >= 0.3 is 10.4 Å². The zero-order chi connectivity index (χ0) is 12.1. The van der Waals surface area contributed by atoms with Gasteiger partial charge in [0.15, 0.2) is 0 Å². The summed E-state index contributed by atoms with van der Waals surface area (Å²) in [7, 11) is -1.34. The number of hydrogen-bond donors (Lipinski definition) is 3. The van der Waals surface area contributed by atoms with Crippen LogP contribution in [0.3, 0.4) is 0 Å². The average Bonchev–Trinajstić information content (AvgIpc) is 1.99. The predicted molar refractivity (Wildman–Crippen MR) is 54.2 cm³/mol. The molecular weight excluding hydrogens is 224 g/mol. The van der Waals surface area contributed by atoms with Crippen molar-refractivity contribution in [2.45, 2.75) is 13.3 Å². The van der Waals surface area contributed by atoms with E-state index in [2.05, 4.69) is 9.71 Å². The minimum Gasteiger partial charge on any atom is -0.288 e. The minimum atomic E-state index is -4.60. The number of hydroxylamine groups is 2. The number of guanidine groups is 1. The van der Waals surface area contributed by atoms with Crippen LogP contribution in [-0.2, 0) is 14.7 Å². The Morgan fingerprint density at radius 3 is 2.40 bits per heavy atom. The summed E-state index contributed by atoms with van der Waals surface area (Å²) in [5.41, 5.74) is 2.49. The van der Waals surface area contributed by atoms with Gasteiger partial charge < -0.3 is 0 Å². The lowest BCUT2D eigenvalue weighted by Crippen LogP contribution is -2.47. The Hall–Kier alpha value is -0.900. The molecule has 0 radical (unpaired) electrons. The Kier molecular flexibility index (Phi) is 5.50. The average molecular weight is 240 g/mol. The molecule has 0 aromatic carbocycles. The summed E-state index contributed by atoms with van der Waals surface area (Å²) in [5, 5.41) is 9.62. The van der Waals surface area contributed by atoms with Gasteiger partial charge in [0, 0.05) is 14.1 Å². The molecule has 0 saturated carbocycles. The first-order valence-electron chi connectivity index (χ1n) is 4.23. The molecule has 0 spiro atoms. The maximum absolute atomic E-state index is 10.5. The SMILES string of the molecule is CCCN(OS(=O)(=O)O)C(=N)NN(C)C. The topological polar surface area (TPSA) is 106 Å². The summed E-state index contributed by atoms with van der Waals surface area (Å²) < 4.78 is 33.6. The summed E-state index contributed by atoms with van der Waals surface area (Å²) in [6.45, 7) is 1.95. The molecule has 0 aliphatic carbocycles. The summed E-state index contributed by atoms with van der Waals surface area (Å²) >= 11 is 0. The highest BCUT2D eigenvalue weighted by molar-refractivity contribution is 7.80. The lowest BCUT2D eigenvalue weighted by Gasteiger charge is -2.24. The van der Waals surface area contributed by atoms with Gasteiger partial charge in [-0.1, -0.05) is 6.92 Å². The van der Waals surface area contributed by atoms with Crippen LogP contribution in [0.2, 0.25) is 0 Å². The van der Waals surface area contributed by atoms with E-state index in [0.717, 1.165) is 5.06 Å². The molecule has 0 heterocycles. The molecule has 0 saturated heterocycles. The largest absolute Gasteiger partial charge is 0.418 e. The Morgan fingerprint density at radius 1 is 1.53 bits per heavy atom. The Morgan fingerprint density at radius 2 is 2.07 bits per heavy atom. The fourth-order valence-electron chi connectivity index (χ4n) is 0.771. The van der Waals surface area contributed by atoms with E-state index in [1.54, 1.807) is 21.0 Å². The van der Waals surface area contributed by atoms with Crippen LogP contribution in [0, 0.1) is 5.41 Å². The minimum absolute atomic E-state index is 0.166. The molecule has 3 N–H and O–H groups in total. The second kappa shape index (κ2) is 5.85. The van der Waals surface area contributed by atoms with Crippen LogP contribution in [0.4, 0.5) is 0 Å². The van der Waals surface area contributed by atoms with Crippen molar-refractivity contribution in [1.29, 1.82) is 5.41 Å². The third-order valence-electron chi connectivity index (χ3n) is 1.19.